The predicted octanol–water partition coefficient (Wildman–Crippen LogP) is 2.31. The minimum Gasteiger partial charge on any atom is -0.309 e. The number of aromatic nitrogens is 2. The first-order valence-electron chi connectivity index (χ1n) is 5.41. The van der Waals surface area contributed by atoms with E-state index < -0.39 is 23.0 Å². The van der Waals surface area contributed by atoms with Gasteiger partial charge in [-0.1, -0.05) is 0 Å². The maximum Gasteiger partial charge on any atom is 0.222 e. The summed E-state index contributed by atoms with van der Waals surface area (Å²) in [5.74, 6) is -3.27. The summed E-state index contributed by atoms with van der Waals surface area (Å²) in [5.41, 5.74) is -0.419. The van der Waals surface area contributed by atoms with Crippen LogP contribution in [0.1, 0.15) is 12.5 Å². The number of hydrogen-bond donors (Lipinski definition) is 1. The van der Waals surface area contributed by atoms with E-state index in [0.717, 1.165) is 12.1 Å². The van der Waals surface area contributed by atoms with Crippen molar-refractivity contribution in [1.29, 1.82) is 0 Å². The molecular formula is C12H10F3N3O. The van der Waals surface area contributed by atoms with E-state index in [9.17, 15) is 18.0 Å². The van der Waals surface area contributed by atoms with Gasteiger partial charge < -0.3 is 5.32 Å². The second-order valence-corrected chi connectivity index (χ2v) is 3.90. The summed E-state index contributed by atoms with van der Waals surface area (Å²) in [6.45, 7) is 1.04. The lowest BCUT2D eigenvalue weighted by atomic mass is 10.2. The number of amides is 1. The van der Waals surface area contributed by atoms with Crippen LogP contribution in [-0.4, -0.2) is 15.7 Å². The van der Waals surface area contributed by atoms with Crippen LogP contribution < -0.4 is 5.32 Å². The maximum atomic E-state index is 13.4. The summed E-state index contributed by atoms with van der Waals surface area (Å²) < 4.78 is 41.1. The number of hydrogen-bond acceptors (Lipinski definition) is 2. The first kappa shape index (κ1) is 13.1. The molecule has 1 amide bonds. The summed E-state index contributed by atoms with van der Waals surface area (Å²) in [4.78, 5) is 10.8. The van der Waals surface area contributed by atoms with E-state index >= 15 is 0 Å². The Morgan fingerprint density at radius 3 is 2.63 bits per heavy atom. The first-order valence-corrected chi connectivity index (χ1v) is 5.41. The van der Waals surface area contributed by atoms with Crippen LogP contribution in [0.15, 0.2) is 24.4 Å². The Morgan fingerprint density at radius 2 is 1.95 bits per heavy atom. The van der Waals surface area contributed by atoms with Crippen LogP contribution in [0.25, 0.3) is 0 Å². The third-order valence-corrected chi connectivity index (χ3v) is 2.40. The van der Waals surface area contributed by atoms with Gasteiger partial charge in [0.2, 0.25) is 5.91 Å². The highest BCUT2D eigenvalue weighted by molar-refractivity contribution is 5.87. The van der Waals surface area contributed by atoms with Crippen molar-refractivity contribution in [1.82, 2.24) is 9.78 Å². The fraction of sp³-hybridized carbons (Fsp3) is 0.167. The lowest BCUT2D eigenvalue weighted by Gasteiger charge is -2.06. The Morgan fingerprint density at radius 1 is 1.26 bits per heavy atom. The molecule has 0 spiro atoms. The molecule has 1 aromatic carbocycles. The molecule has 2 rings (SSSR count). The summed E-state index contributed by atoms with van der Waals surface area (Å²) in [6.07, 6.45) is 1.43. The molecule has 0 unspecified atom stereocenters. The van der Waals surface area contributed by atoms with Crippen molar-refractivity contribution >= 4 is 11.7 Å². The van der Waals surface area contributed by atoms with Crippen molar-refractivity contribution < 1.29 is 18.0 Å². The molecule has 0 aliphatic carbocycles. The van der Waals surface area contributed by atoms with E-state index in [1.165, 1.54) is 23.9 Å². The Labute approximate surface area is 106 Å². The standard InChI is InChI=1S/C12H10F3N3O/c1-7(19)16-11-4-5-18(17-11)6-8-9(13)2-3-10(14)12(8)15/h2-5H,6H2,1H3,(H,16,17,19). The number of carbonyl (C=O) groups is 1. The summed E-state index contributed by atoms with van der Waals surface area (Å²) in [6, 6.07) is 3.04. The van der Waals surface area contributed by atoms with Gasteiger partial charge in [0.05, 0.1) is 6.54 Å². The fourth-order valence-corrected chi connectivity index (χ4v) is 1.57. The largest absolute Gasteiger partial charge is 0.309 e. The lowest BCUT2D eigenvalue weighted by Crippen LogP contribution is -2.09. The van der Waals surface area contributed by atoms with Gasteiger partial charge in [0.25, 0.3) is 0 Å². The molecule has 0 radical (unpaired) electrons. The van der Waals surface area contributed by atoms with Crippen molar-refractivity contribution in [3.8, 4) is 0 Å². The molecule has 7 heteroatoms. The molecule has 0 bridgehead atoms. The van der Waals surface area contributed by atoms with E-state index in [2.05, 4.69) is 10.4 Å². The van der Waals surface area contributed by atoms with Crippen molar-refractivity contribution in [2.45, 2.75) is 13.5 Å². The van der Waals surface area contributed by atoms with E-state index in [-0.39, 0.29) is 18.3 Å². The average molecular weight is 269 g/mol. The van der Waals surface area contributed by atoms with E-state index in [1.54, 1.807) is 0 Å². The number of nitrogens with zero attached hydrogens (tertiary/aromatic N) is 2. The van der Waals surface area contributed by atoms with Gasteiger partial charge in [-0.3, -0.25) is 9.48 Å². The van der Waals surface area contributed by atoms with Crippen LogP contribution in [0, 0.1) is 17.5 Å². The third-order valence-electron chi connectivity index (χ3n) is 2.40. The Balaban J connectivity index is 2.24. The van der Waals surface area contributed by atoms with Crippen LogP contribution in [0.3, 0.4) is 0 Å². The van der Waals surface area contributed by atoms with Crippen molar-refractivity contribution in [3.05, 3.63) is 47.4 Å². The molecule has 1 aromatic heterocycles. The average Bonchev–Trinajstić information content (AvgIpc) is 2.76. The molecule has 0 atom stereocenters. The molecule has 19 heavy (non-hydrogen) atoms. The zero-order valence-electron chi connectivity index (χ0n) is 9.95. The third kappa shape index (κ3) is 2.93. The number of carbonyl (C=O) groups excluding carboxylic acids is 1. The zero-order valence-corrected chi connectivity index (χ0v) is 9.95. The number of benzene rings is 1. The molecular weight excluding hydrogens is 259 g/mol. The highest BCUT2D eigenvalue weighted by Gasteiger charge is 2.14. The number of rotatable bonds is 3. The normalized spacial score (nSPS) is 10.5. The van der Waals surface area contributed by atoms with Gasteiger partial charge in [0.1, 0.15) is 5.82 Å². The second-order valence-electron chi connectivity index (χ2n) is 3.90. The predicted molar refractivity (Wildman–Crippen MR) is 61.9 cm³/mol. The molecule has 4 nitrogen and oxygen atoms in total. The summed E-state index contributed by atoms with van der Waals surface area (Å²) >= 11 is 0. The lowest BCUT2D eigenvalue weighted by molar-refractivity contribution is -0.114. The monoisotopic (exact) mass is 269 g/mol. The SMILES string of the molecule is CC(=O)Nc1ccn(Cc2c(F)ccc(F)c2F)n1. The van der Waals surface area contributed by atoms with Crippen LogP contribution in [0.2, 0.25) is 0 Å². The molecule has 1 heterocycles. The summed E-state index contributed by atoms with van der Waals surface area (Å²) in [7, 11) is 0. The highest BCUT2D eigenvalue weighted by atomic mass is 19.2. The Kier molecular flexibility index (Phi) is 3.55. The van der Waals surface area contributed by atoms with Gasteiger partial charge in [0, 0.05) is 24.8 Å². The summed E-state index contributed by atoms with van der Waals surface area (Å²) in [5, 5.41) is 6.31. The van der Waals surface area contributed by atoms with Crippen LogP contribution in [0.5, 0.6) is 0 Å². The van der Waals surface area contributed by atoms with Gasteiger partial charge in [0.15, 0.2) is 17.5 Å². The van der Waals surface area contributed by atoms with Crippen LogP contribution in [-0.2, 0) is 11.3 Å². The van der Waals surface area contributed by atoms with E-state index in [1.807, 2.05) is 0 Å². The minimum atomic E-state index is -1.24. The maximum absolute atomic E-state index is 13.4. The van der Waals surface area contributed by atoms with Crippen molar-refractivity contribution in [2.75, 3.05) is 5.32 Å². The molecule has 0 aliphatic rings. The molecule has 0 saturated carbocycles. The van der Waals surface area contributed by atoms with Crippen LogP contribution in [0.4, 0.5) is 19.0 Å². The molecule has 0 fully saturated rings. The van der Waals surface area contributed by atoms with Crippen LogP contribution >= 0.6 is 0 Å². The fourth-order valence-electron chi connectivity index (χ4n) is 1.57. The van der Waals surface area contributed by atoms with E-state index in [4.69, 9.17) is 0 Å². The number of nitrogens with one attached hydrogen (secondary N) is 1. The van der Waals surface area contributed by atoms with Gasteiger partial charge >= 0.3 is 0 Å². The molecule has 100 valence electrons. The smallest absolute Gasteiger partial charge is 0.222 e. The number of anilines is 1. The number of halogens is 3. The first-order chi connectivity index (χ1) is 8.97. The topological polar surface area (TPSA) is 46.9 Å². The molecule has 2 aromatic rings. The van der Waals surface area contributed by atoms with Gasteiger partial charge in [-0.05, 0) is 12.1 Å². The quantitative estimate of drug-likeness (QED) is 0.869. The van der Waals surface area contributed by atoms with Gasteiger partial charge in [-0.25, -0.2) is 13.2 Å². The van der Waals surface area contributed by atoms with Crippen molar-refractivity contribution in [2.24, 2.45) is 0 Å². The minimum absolute atomic E-state index is 0.254. The van der Waals surface area contributed by atoms with Gasteiger partial charge in [-0.2, -0.15) is 5.10 Å². The zero-order chi connectivity index (χ0) is 14.0. The highest BCUT2D eigenvalue weighted by Crippen LogP contribution is 2.17. The molecule has 1 N–H and O–H groups in total. The molecule has 0 saturated heterocycles. The van der Waals surface area contributed by atoms with Crippen molar-refractivity contribution in [3.63, 3.8) is 0 Å². The van der Waals surface area contributed by atoms with Gasteiger partial charge in [-0.15, -0.1) is 0 Å². The Hall–Kier alpha value is -2.31. The molecule has 0 aliphatic heterocycles. The van der Waals surface area contributed by atoms with E-state index in [0.29, 0.717) is 0 Å². The second kappa shape index (κ2) is 5.13. The Bertz CT molecular complexity index is 625.